The van der Waals surface area contributed by atoms with Gasteiger partial charge in [0.05, 0.1) is 7.11 Å². The summed E-state index contributed by atoms with van der Waals surface area (Å²) in [6, 6.07) is 15.0. The van der Waals surface area contributed by atoms with Crippen molar-refractivity contribution < 1.29 is 27.0 Å². The van der Waals surface area contributed by atoms with Gasteiger partial charge in [0.25, 0.3) is 0 Å². The smallest absolute Gasteiger partial charge is 0.367 e. The van der Waals surface area contributed by atoms with Gasteiger partial charge in [-0.1, -0.05) is 47.2 Å². The van der Waals surface area contributed by atoms with Crippen LogP contribution in [0.4, 0.5) is 5.69 Å². The minimum atomic E-state index is -4.04. The van der Waals surface area contributed by atoms with E-state index in [0.717, 1.165) is 18.9 Å². The lowest BCUT2D eigenvalue weighted by atomic mass is 10.2. The Morgan fingerprint density at radius 3 is 2.29 bits per heavy atom. The molecule has 148 valence electrons. The normalized spacial score (nSPS) is 11.6. The summed E-state index contributed by atoms with van der Waals surface area (Å²) in [5.41, 5.74) is 1.11. The van der Waals surface area contributed by atoms with E-state index in [4.69, 9.17) is 0 Å². The van der Waals surface area contributed by atoms with Crippen molar-refractivity contribution in [2.75, 3.05) is 12.4 Å². The van der Waals surface area contributed by atoms with Gasteiger partial charge in [0, 0.05) is 17.5 Å². The fourth-order valence-corrected chi connectivity index (χ4v) is 3.63. The number of nitrogens with one attached hydrogen (secondary N) is 1. The number of amides is 1. The lowest BCUT2D eigenvalue weighted by Crippen LogP contribution is -2.14. The van der Waals surface area contributed by atoms with E-state index in [2.05, 4.69) is 19.5 Å². The highest BCUT2D eigenvalue weighted by Crippen LogP contribution is 2.23. The second-order valence-corrected chi connectivity index (χ2v) is 8.07. The SMILES string of the molecule is COC(=O)/C(=N/OS(=O)(=O)Cc1ccccc1)Sc1ccc(NC(C)=O)cc1. The fraction of sp³-hybridized carbons (Fsp3) is 0.167. The van der Waals surface area contributed by atoms with Crippen molar-refractivity contribution in [3.05, 3.63) is 60.2 Å². The molecule has 0 bridgehead atoms. The van der Waals surface area contributed by atoms with E-state index >= 15 is 0 Å². The third-order valence-corrected chi connectivity index (χ3v) is 5.10. The maximum Gasteiger partial charge on any atom is 0.367 e. The second-order valence-electron chi connectivity index (χ2n) is 5.46. The van der Waals surface area contributed by atoms with Crippen molar-refractivity contribution in [3.8, 4) is 0 Å². The van der Waals surface area contributed by atoms with Gasteiger partial charge in [0.1, 0.15) is 5.75 Å². The van der Waals surface area contributed by atoms with Crippen molar-refractivity contribution in [2.45, 2.75) is 17.6 Å². The minimum absolute atomic E-state index is 0.214. The molecule has 0 spiro atoms. The van der Waals surface area contributed by atoms with Crippen molar-refractivity contribution in [1.29, 1.82) is 0 Å². The molecule has 28 heavy (non-hydrogen) atoms. The molecule has 0 aliphatic heterocycles. The number of ether oxygens (including phenoxy) is 1. The number of carbonyl (C=O) groups is 2. The minimum Gasteiger partial charge on any atom is -0.464 e. The summed E-state index contributed by atoms with van der Waals surface area (Å²) in [5.74, 6) is -1.44. The Labute approximate surface area is 167 Å². The number of anilines is 1. The van der Waals surface area contributed by atoms with Gasteiger partial charge in [-0.15, -0.1) is 0 Å². The molecule has 0 saturated heterocycles. The molecule has 2 aromatic rings. The summed E-state index contributed by atoms with van der Waals surface area (Å²) in [5, 5.41) is 5.80. The molecule has 0 atom stereocenters. The van der Waals surface area contributed by atoms with Gasteiger partial charge in [0.2, 0.25) is 11.0 Å². The van der Waals surface area contributed by atoms with Gasteiger partial charge in [-0.25, -0.2) is 4.79 Å². The predicted octanol–water partition coefficient (Wildman–Crippen LogP) is 2.77. The molecule has 0 unspecified atom stereocenters. The van der Waals surface area contributed by atoms with Gasteiger partial charge in [0.15, 0.2) is 0 Å². The first-order valence-corrected chi connectivity index (χ1v) is 10.4. The van der Waals surface area contributed by atoms with E-state index in [1.165, 1.54) is 6.92 Å². The van der Waals surface area contributed by atoms with Gasteiger partial charge in [-0.3, -0.25) is 9.08 Å². The van der Waals surface area contributed by atoms with Gasteiger partial charge < -0.3 is 10.1 Å². The van der Waals surface area contributed by atoms with E-state index in [1.807, 2.05) is 0 Å². The zero-order chi connectivity index (χ0) is 20.6. The third-order valence-electron chi connectivity index (χ3n) is 3.17. The first-order chi connectivity index (χ1) is 13.3. The van der Waals surface area contributed by atoms with E-state index in [0.29, 0.717) is 16.1 Å². The number of nitrogens with zero attached hydrogens (tertiary/aromatic N) is 1. The Morgan fingerprint density at radius 1 is 1.07 bits per heavy atom. The second kappa shape index (κ2) is 9.90. The molecule has 0 saturated carbocycles. The molecule has 0 fully saturated rings. The van der Waals surface area contributed by atoms with Crippen molar-refractivity contribution in [1.82, 2.24) is 0 Å². The Kier molecular flexibility index (Phi) is 7.59. The van der Waals surface area contributed by atoms with Crippen LogP contribution in [-0.4, -0.2) is 32.4 Å². The molecule has 10 heteroatoms. The summed E-state index contributed by atoms with van der Waals surface area (Å²) in [6.45, 7) is 1.39. The van der Waals surface area contributed by atoms with Crippen LogP contribution in [-0.2, 0) is 34.5 Å². The summed E-state index contributed by atoms with van der Waals surface area (Å²) in [7, 11) is -2.89. The number of hydrogen-bond donors (Lipinski definition) is 1. The molecule has 2 rings (SSSR count). The van der Waals surface area contributed by atoms with Crippen LogP contribution in [0, 0.1) is 0 Å². The van der Waals surface area contributed by atoms with Crippen LogP contribution in [0.2, 0.25) is 0 Å². The summed E-state index contributed by atoms with van der Waals surface area (Å²) in [6.07, 6.45) is 0. The van der Waals surface area contributed by atoms with E-state index in [-0.39, 0.29) is 16.7 Å². The largest absolute Gasteiger partial charge is 0.464 e. The van der Waals surface area contributed by atoms with Crippen molar-refractivity contribution in [3.63, 3.8) is 0 Å². The van der Waals surface area contributed by atoms with Crippen LogP contribution in [0.5, 0.6) is 0 Å². The maximum atomic E-state index is 12.1. The number of carbonyl (C=O) groups excluding carboxylic acids is 2. The fourth-order valence-electron chi connectivity index (χ4n) is 2.00. The van der Waals surface area contributed by atoms with E-state index in [9.17, 15) is 18.0 Å². The molecule has 8 nitrogen and oxygen atoms in total. The number of thioether (sulfide) groups is 1. The predicted molar refractivity (Wildman–Crippen MR) is 106 cm³/mol. The molecule has 1 amide bonds. The summed E-state index contributed by atoms with van der Waals surface area (Å²) in [4.78, 5) is 23.5. The molecule has 0 aliphatic rings. The molecule has 1 N–H and O–H groups in total. The quantitative estimate of drug-likeness (QED) is 0.250. The zero-order valence-corrected chi connectivity index (χ0v) is 16.7. The first-order valence-electron chi connectivity index (χ1n) is 7.96. The van der Waals surface area contributed by atoms with Gasteiger partial charge >= 0.3 is 16.1 Å². The van der Waals surface area contributed by atoms with E-state index < -0.39 is 16.1 Å². The number of methoxy groups -OCH3 is 1. The molecule has 0 aliphatic carbocycles. The van der Waals surface area contributed by atoms with Crippen molar-refractivity contribution in [2.24, 2.45) is 5.16 Å². The maximum absolute atomic E-state index is 12.1. The first kappa shape index (κ1) is 21.5. The number of hydrogen-bond acceptors (Lipinski definition) is 8. The lowest BCUT2D eigenvalue weighted by Gasteiger charge is -2.06. The monoisotopic (exact) mass is 422 g/mol. The van der Waals surface area contributed by atoms with Gasteiger partial charge in [-0.2, -0.15) is 8.42 Å². The topological polar surface area (TPSA) is 111 Å². The van der Waals surface area contributed by atoms with E-state index in [1.54, 1.807) is 54.6 Å². The summed E-state index contributed by atoms with van der Waals surface area (Å²) >= 11 is 0.869. The van der Waals surface area contributed by atoms with Crippen LogP contribution >= 0.6 is 11.8 Å². The Bertz CT molecular complexity index is 957. The number of benzene rings is 2. The molecule has 0 aromatic heterocycles. The number of rotatable bonds is 6. The number of esters is 1. The highest BCUT2D eigenvalue weighted by Gasteiger charge is 2.19. The zero-order valence-electron chi connectivity index (χ0n) is 15.1. The Hall–Kier alpha value is -2.85. The van der Waals surface area contributed by atoms with Gasteiger partial charge in [-0.05, 0) is 29.8 Å². The van der Waals surface area contributed by atoms with Crippen molar-refractivity contribution >= 4 is 44.5 Å². The van der Waals surface area contributed by atoms with Crippen LogP contribution < -0.4 is 5.32 Å². The third kappa shape index (κ3) is 7.05. The molecule has 0 radical (unpaired) electrons. The number of oxime groups is 1. The van der Waals surface area contributed by atoms with Crippen LogP contribution in [0.3, 0.4) is 0 Å². The molecular formula is C18H18N2O6S2. The standard InChI is InChI=1S/C18H18N2O6S2/c1-13(21)19-15-8-10-16(11-9-15)27-17(18(22)25-2)20-26-28(23,24)12-14-6-4-3-5-7-14/h3-11H,12H2,1-2H3,(H,19,21)/b20-17-. The van der Waals surface area contributed by atoms with Crippen LogP contribution in [0.25, 0.3) is 0 Å². The molecule has 0 heterocycles. The van der Waals surface area contributed by atoms with Crippen LogP contribution in [0.1, 0.15) is 12.5 Å². The van der Waals surface area contributed by atoms with Crippen LogP contribution in [0.15, 0.2) is 64.6 Å². The summed E-state index contributed by atoms with van der Waals surface area (Å²) < 4.78 is 33.4. The molecule has 2 aromatic carbocycles. The molecular weight excluding hydrogens is 404 g/mol. The Balaban J connectivity index is 2.12. The average molecular weight is 422 g/mol. The highest BCUT2D eigenvalue weighted by molar-refractivity contribution is 8.15. The lowest BCUT2D eigenvalue weighted by molar-refractivity contribution is -0.132. The Morgan fingerprint density at radius 2 is 1.71 bits per heavy atom. The average Bonchev–Trinajstić information content (AvgIpc) is 2.66. The highest BCUT2D eigenvalue weighted by atomic mass is 32.2.